The number of ether oxygens (including phenoxy) is 1. The molecule has 7 nitrogen and oxygen atoms in total. The number of carboxylic acids is 1. The first-order valence-corrected chi connectivity index (χ1v) is 8.51. The molecule has 2 unspecified atom stereocenters. The Bertz CT molecular complexity index is 673. The molecule has 2 aliphatic rings. The summed E-state index contributed by atoms with van der Waals surface area (Å²) >= 11 is 0. The summed E-state index contributed by atoms with van der Waals surface area (Å²) in [7, 11) is 0. The quantitative estimate of drug-likeness (QED) is 0.876. The topological polar surface area (TPSA) is 87.2 Å². The van der Waals surface area contributed by atoms with Gasteiger partial charge in [0, 0.05) is 25.2 Å². The number of hydrogen-bond acceptors (Lipinski definition) is 4. The van der Waals surface area contributed by atoms with Crippen LogP contribution in [0.4, 0.5) is 5.69 Å². The van der Waals surface area contributed by atoms with Crippen LogP contribution in [0.5, 0.6) is 0 Å². The van der Waals surface area contributed by atoms with E-state index in [1.165, 1.54) is 10.5 Å². The Morgan fingerprint density at radius 1 is 1.28 bits per heavy atom. The zero-order valence-corrected chi connectivity index (χ0v) is 14.2. The number of carbonyl (C=O) groups is 3. The number of amides is 2. The maximum absolute atomic E-state index is 12.8. The van der Waals surface area contributed by atoms with Gasteiger partial charge in [-0.15, -0.1) is 0 Å². The molecule has 0 radical (unpaired) electrons. The minimum absolute atomic E-state index is 0.00999. The van der Waals surface area contributed by atoms with Gasteiger partial charge in [-0.05, 0) is 24.1 Å². The summed E-state index contributed by atoms with van der Waals surface area (Å²) < 4.78 is 5.17. The minimum Gasteiger partial charge on any atom is -0.480 e. The number of morpholine rings is 1. The van der Waals surface area contributed by atoms with Crippen molar-refractivity contribution in [2.75, 3.05) is 31.2 Å². The van der Waals surface area contributed by atoms with Crippen molar-refractivity contribution in [3.05, 3.63) is 29.8 Å². The molecule has 3 rings (SSSR count). The number of benzene rings is 1. The predicted octanol–water partition coefficient (Wildman–Crippen LogP) is 0.914. The van der Waals surface area contributed by atoms with Gasteiger partial charge in [0.1, 0.15) is 0 Å². The lowest BCUT2D eigenvalue weighted by atomic mass is 10.1. The number of rotatable bonds is 4. The zero-order chi connectivity index (χ0) is 18.0. The molecule has 0 saturated carbocycles. The Morgan fingerprint density at radius 2 is 2.00 bits per heavy atom. The lowest BCUT2D eigenvalue weighted by Crippen LogP contribution is -2.54. The maximum atomic E-state index is 12.8. The van der Waals surface area contributed by atoms with Gasteiger partial charge in [-0.1, -0.05) is 19.1 Å². The summed E-state index contributed by atoms with van der Waals surface area (Å²) in [5, 5.41) is 9.28. The molecule has 7 heteroatoms. The van der Waals surface area contributed by atoms with Gasteiger partial charge in [0.25, 0.3) is 0 Å². The van der Waals surface area contributed by atoms with Crippen molar-refractivity contribution in [2.45, 2.75) is 25.8 Å². The van der Waals surface area contributed by atoms with E-state index in [1.807, 2.05) is 24.3 Å². The first kappa shape index (κ1) is 17.4. The van der Waals surface area contributed by atoms with Crippen LogP contribution in [0, 0.1) is 5.92 Å². The Labute approximate surface area is 146 Å². The van der Waals surface area contributed by atoms with Gasteiger partial charge in [0.15, 0.2) is 6.04 Å². The van der Waals surface area contributed by atoms with Crippen molar-refractivity contribution in [3.8, 4) is 0 Å². The van der Waals surface area contributed by atoms with Crippen LogP contribution < -0.4 is 4.90 Å². The number of aryl methyl sites for hydroxylation is 1. The first-order valence-electron chi connectivity index (χ1n) is 8.51. The Kier molecular flexibility index (Phi) is 5.03. The summed E-state index contributed by atoms with van der Waals surface area (Å²) in [6.07, 6.45) is 1.03. The fraction of sp³-hybridized carbons (Fsp3) is 0.500. The molecule has 1 aromatic rings. The highest BCUT2D eigenvalue weighted by Crippen LogP contribution is 2.27. The molecular formula is C18H22N2O5. The molecule has 2 atom stereocenters. The maximum Gasteiger partial charge on any atom is 0.328 e. The molecule has 1 aromatic carbocycles. The van der Waals surface area contributed by atoms with E-state index in [2.05, 4.69) is 6.92 Å². The van der Waals surface area contributed by atoms with Gasteiger partial charge in [0.05, 0.1) is 19.1 Å². The summed E-state index contributed by atoms with van der Waals surface area (Å²) in [4.78, 5) is 39.4. The Balaban J connectivity index is 1.72. The number of anilines is 1. The molecule has 25 heavy (non-hydrogen) atoms. The van der Waals surface area contributed by atoms with E-state index in [1.54, 1.807) is 4.90 Å². The first-order chi connectivity index (χ1) is 12.0. The third kappa shape index (κ3) is 3.51. The fourth-order valence-corrected chi connectivity index (χ4v) is 3.34. The Morgan fingerprint density at radius 3 is 2.64 bits per heavy atom. The highest BCUT2D eigenvalue weighted by molar-refractivity contribution is 6.00. The average molecular weight is 346 g/mol. The van der Waals surface area contributed by atoms with E-state index in [9.17, 15) is 19.5 Å². The van der Waals surface area contributed by atoms with Crippen LogP contribution in [0.15, 0.2) is 24.3 Å². The molecule has 2 aliphatic heterocycles. The van der Waals surface area contributed by atoms with E-state index in [0.717, 1.165) is 12.1 Å². The lowest BCUT2D eigenvalue weighted by Gasteiger charge is -2.34. The second-order valence-electron chi connectivity index (χ2n) is 6.39. The normalized spacial score (nSPS) is 23.8. The molecule has 2 heterocycles. The average Bonchev–Trinajstić information content (AvgIpc) is 3.03. The van der Waals surface area contributed by atoms with Gasteiger partial charge >= 0.3 is 5.97 Å². The van der Waals surface area contributed by atoms with Crippen LogP contribution in [-0.4, -0.2) is 60.1 Å². The fourth-order valence-electron chi connectivity index (χ4n) is 3.34. The van der Waals surface area contributed by atoms with Crippen molar-refractivity contribution in [2.24, 2.45) is 5.92 Å². The molecule has 2 saturated heterocycles. The molecule has 134 valence electrons. The van der Waals surface area contributed by atoms with Crippen LogP contribution in [0.25, 0.3) is 0 Å². The van der Waals surface area contributed by atoms with Crippen LogP contribution in [0.3, 0.4) is 0 Å². The summed E-state index contributed by atoms with van der Waals surface area (Å²) in [5.41, 5.74) is 1.95. The molecule has 2 fully saturated rings. The number of carbonyl (C=O) groups excluding carboxylic acids is 2. The number of aliphatic carboxylic acids is 1. The predicted molar refractivity (Wildman–Crippen MR) is 90.2 cm³/mol. The van der Waals surface area contributed by atoms with E-state index in [-0.39, 0.29) is 37.9 Å². The van der Waals surface area contributed by atoms with Gasteiger partial charge in [-0.2, -0.15) is 0 Å². The van der Waals surface area contributed by atoms with Crippen LogP contribution in [0.2, 0.25) is 0 Å². The van der Waals surface area contributed by atoms with Crippen LogP contribution >= 0.6 is 0 Å². The van der Waals surface area contributed by atoms with E-state index in [0.29, 0.717) is 6.61 Å². The second kappa shape index (κ2) is 7.23. The summed E-state index contributed by atoms with van der Waals surface area (Å²) in [6.45, 7) is 2.90. The number of hydrogen-bond donors (Lipinski definition) is 1. The highest BCUT2D eigenvalue weighted by atomic mass is 16.5. The largest absolute Gasteiger partial charge is 0.480 e. The van der Waals surface area contributed by atoms with Gasteiger partial charge in [0.2, 0.25) is 11.8 Å². The standard InChI is InChI=1S/C18H22N2O5/c1-2-12-3-5-14(6-4-12)20-10-13(9-16(20)21)17(22)19-7-8-25-11-15(19)18(23)24/h3-6,13,15H,2,7-11H2,1H3,(H,23,24). The third-order valence-electron chi connectivity index (χ3n) is 4.83. The monoisotopic (exact) mass is 346 g/mol. The van der Waals surface area contributed by atoms with Crippen molar-refractivity contribution in [1.29, 1.82) is 0 Å². The number of carboxylic acid groups (broad SMARTS) is 1. The van der Waals surface area contributed by atoms with Crippen molar-refractivity contribution in [3.63, 3.8) is 0 Å². The lowest BCUT2D eigenvalue weighted by molar-refractivity contribution is -0.160. The molecule has 2 amide bonds. The van der Waals surface area contributed by atoms with Gasteiger partial charge in [-0.3, -0.25) is 9.59 Å². The van der Waals surface area contributed by atoms with E-state index >= 15 is 0 Å². The summed E-state index contributed by atoms with van der Waals surface area (Å²) in [6, 6.07) is 6.74. The summed E-state index contributed by atoms with van der Waals surface area (Å²) in [5.74, 6) is -1.98. The van der Waals surface area contributed by atoms with Crippen LogP contribution in [0.1, 0.15) is 18.9 Å². The second-order valence-corrected chi connectivity index (χ2v) is 6.39. The van der Waals surface area contributed by atoms with Crippen LogP contribution in [-0.2, 0) is 25.5 Å². The highest BCUT2D eigenvalue weighted by Gasteiger charge is 2.41. The van der Waals surface area contributed by atoms with Crippen molar-refractivity contribution >= 4 is 23.5 Å². The Hall–Kier alpha value is -2.41. The SMILES string of the molecule is CCc1ccc(N2CC(C(=O)N3CCOCC3C(=O)O)CC2=O)cc1. The van der Waals surface area contributed by atoms with Crippen molar-refractivity contribution < 1.29 is 24.2 Å². The molecule has 0 aromatic heterocycles. The number of nitrogens with zero attached hydrogens (tertiary/aromatic N) is 2. The molecular weight excluding hydrogens is 324 g/mol. The van der Waals surface area contributed by atoms with E-state index < -0.39 is 17.9 Å². The third-order valence-corrected chi connectivity index (χ3v) is 4.83. The smallest absolute Gasteiger partial charge is 0.328 e. The van der Waals surface area contributed by atoms with E-state index in [4.69, 9.17) is 4.74 Å². The zero-order valence-electron chi connectivity index (χ0n) is 14.2. The van der Waals surface area contributed by atoms with Gasteiger partial charge < -0.3 is 19.6 Å². The minimum atomic E-state index is -1.08. The molecule has 1 N–H and O–H groups in total. The van der Waals surface area contributed by atoms with Crippen molar-refractivity contribution in [1.82, 2.24) is 4.90 Å². The molecule has 0 spiro atoms. The molecule has 0 bridgehead atoms. The molecule has 0 aliphatic carbocycles. The van der Waals surface area contributed by atoms with Gasteiger partial charge in [-0.25, -0.2) is 4.79 Å².